The fourth-order valence-corrected chi connectivity index (χ4v) is 3.14. The van der Waals surface area contributed by atoms with Gasteiger partial charge >= 0.3 is 0 Å². The van der Waals surface area contributed by atoms with Crippen molar-refractivity contribution in [1.29, 1.82) is 0 Å². The molecule has 0 radical (unpaired) electrons. The first-order valence-corrected chi connectivity index (χ1v) is 9.68. The summed E-state index contributed by atoms with van der Waals surface area (Å²) in [5.41, 5.74) is 4.06. The van der Waals surface area contributed by atoms with Crippen LogP contribution in [0.15, 0.2) is 55.0 Å². The summed E-state index contributed by atoms with van der Waals surface area (Å²) < 4.78 is 30.6. The highest BCUT2D eigenvalue weighted by atomic mass is 32.2. The summed E-state index contributed by atoms with van der Waals surface area (Å²) in [5.74, 6) is 0. The van der Waals surface area contributed by atoms with Gasteiger partial charge in [-0.05, 0) is 36.1 Å². The number of nitrogens with one attached hydrogen (secondary N) is 1. The molecule has 0 unspecified atom stereocenters. The molecule has 0 atom stereocenters. The molecule has 0 aliphatic carbocycles. The van der Waals surface area contributed by atoms with Gasteiger partial charge in [-0.1, -0.05) is 30.1 Å². The van der Waals surface area contributed by atoms with Crippen LogP contribution in [0.1, 0.15) is 17.7 Å². The average molecular weight is 398 g/mol. The van der Waals surface area contributed by atoms with Crippen molar-refractivity contribution in [2.45, 2.75) is 13.0 Å². The van der Waals surface area contributed by atoms with Gasteiger partial charge in [0.25, 0.3) is 6.43 Å². The number of hydrogen-bond acceptors (Lipinski definition) is 6. The molecule has 0 spiro atoms. The first-order valence-electron chi connectivity index (χ1n) is 8.46. The minimum Gasteiger partial charge on any atom is -0.260 e. The maximum Gasteiger partial charge on any atom is 0.282 e. The Morgan fingerprint density at radius 2 is 1.93 bits per heavy atom. The van der Waals surface area contributed by atoms with Gasteiger partial charge in [0.1, 0.15) is 17.7 Å². The molecule has 3 aromatic heterocycles. The minimum atomic E-state index is -2.65. The third-order valence-electron chi connectivity index (χ3n) is 4.18. The molecule has 6 nitrogen and oxygen atoms in total. The largest absolute Gasteiger partial charge is 0.282 e. The van der Waals surface area contributed by atoms with Crippen LogP contribution in [0.4, 0.5) is 8.78 Å². The lowest BCUT2D eigenvalue weighted by Crippen LogP contribution is -2.02. The molecule has 3 heterocycles. The van der Waals surface area contributed by atoms with E-state index < -0.39 is 6.43 Å². The molecule has 1 aromatic carbocycles. The zero-order valence-electron chi connectivity index (χ0n) is 14.9. The van der Waals surface area contributed by atoms with Gasteiger partial charge in [0.15, 0.2) is 5.65 Å². The van der Waals surface area contributed by atoms with Gasteiger partial charge in [0.05, 0.1) is 17.6 Å². The summed E-state index contributed by atoms with van der Waals surface area (Å²) >= 11 is 1.56. The van der Waals surface area contributed by atoms with E-state index in [9.17, 15) is 8.78 Å². The molecule has 0 aliphatic rings. The predicted octanol–water partition coefficient (Wildman–Crippen LogP) is 4.16. The number of hydrogen-bond donors (Lipinski definition) is 1. The molecule has 0 saturated heterocycles. The van der Waals surface area contributed by atoms with E-state index in [1.165, 1.54) is 23.0 Å². The normalized spacial score (nSPS) is 11.4. The van der Waals surface area contributed by atoms with E-state index in [0.29, 0.717) is 17.0 Å². The van der Waals surface area contributed by atoms with Crippen LogP contribution in [-0.2, 0) is 6.54 Å². The number of fused-ring (bicyclic) bond motifs is 1. The summed E-state index contributed by atoms with van der Waals surface area (Å²) in [6.07, 6.45) is 2.35. The summed E-state index contributed by atoms with van der Waals surface area (Å²) in [6.45, 7) is 0.737. The summed E-state index contributed by atoms with van der Waals surface area (Å²) in [6, 6.07) is 12.6. The van der Waals surface area contributed by atoms with Crippen LogP contribution < -0.4 is 4.72 Å². The molecule has 9 heteroatoms. The highest BCUT2D eigenvalue weighted by Crippen LogP contribution is 2.25. The molecular weight excluding hydrogens is 382 g/mol. The van der Waals surface area contributed by atoms with Crippen molar-refractivity contribution < 1.29 is 8.78 Å². The lowest BCUT2D eigenvalue weighted by Gasteiger charge is -2.07. The monoisotopic (exact) mass is 398 g/mol. The van der Waals surface area contributed by atoms with Gasteiger partial charge in [-0.25, -0.2) is 28.2 Å². The zero-order valence-corrected chi connectivity index (χ0v) is 15.7. The second kappa shape index (κ2) is 7.99. The molecule has 142 valence electrons. The van der Waals surface area contributed by atoms with Crippen LogP contribution in [0.3, 0.4) is 0 Å². The lowest BCUT2D eigenvalue weighted by molar-refractivity contribution is 0.144. The highest BCUT2D eigenvalue weighted by molar-refractivity contribution is 7.96. The summed E-state index contributed by atoms with van der Waals surface area (Å²) in [5, 5.41) is 3.99. The number of halogens is 2. The van der Waals surface area contributed by atoms with E-state index in [2.05, 4.69) is 30.8 Å². The molecule has 4 rings (SSSR count). The van der Waals surface area contributed by atoms with Gasteiger partial charge < -0.3 is 0 Å². The van der Waals surface area contributed by atoms with Gasteiger partial charge in [-0.3, -0.25) is 4.72 Å². The van der Waals surface area contributed by atoms with Gasteiger partial charge in [-0.2, -0.15) is 5.10 Å². The van der Waals surface area contributed by atoms with Gasteiger partial charge in [0.2, 0.25) is 0 Å². The SMILES string of the molecule is CSNCc1cccc(-c2cc(-c3cnc4ccc(C(F)F)nn34)ncn2)c1. The zero-order chi connectivity index (χ0) is 19.5. The van der Waals surface area contributed by atoms with Crippen LogP contribution >= 0.6 is 11.9 Å². The van der Waals surface area contributed by atoms with E-state index in [-0.39, 0.29) is 5.69 Å². The van der Waals surface area contributed by atoms with E-state index in [1.807, 2.05) is 24.5 Å². The Hall–Kier alpha value is -2.91. The molecule has 1 N–H and O–H groups in total. The molecule has 28 heavy (non-hydrogen) atoms. The molecular formula is C19H16F2N6S. The van der Waals surface area contributed by atoms with Crippen LogP contribution in [0.5, 0.6) is 0 Å². The second-order valence-corrected chi connectivity index (χ2v) is 6.68. The van der Waals surface area contributed by atoms with Crippen LogP contribution in [0, 0.1) is 0 Å². The Bertz CT molecular complexity index is 1110. The standard InChI is InChI=1S/C19H16F2N6S/c1-28-25-9-12-3-2-4-13(7-12)15-8-16(24-11-23-15)17-10-22-18-6-5-14(19(20)21)26-27(17)18/h2-8,10-11,19,25H,9H2,1H3. The predicted molar refractivity (Wildman–Crippen MR) is 105 cm³/mol. The Kier molecular flexibility index (Phi) is 5.27. The van der Waals surface area contributed by atoms with Crippen molar-refractivity contribution in [2.75, 3.05) is 6.26 Å². The van der Waals surface area contributed by atoms with Gasteiger partial charge in [-0.15, -0.1) is 0 Å². The minimum absolute atomic E-state index is 0.310. The number of nitrogens with zero attached hydrogens (tertiary/aromatic N) is 5. The smallest absolute Gasteiger partial charge is 0.260 e. The van der Waals surface area contributed by atoms with E-state index >= 15 is 0 Å². The molecule has 0 saturated carbocycles. The van der Waals surface area contributed by atoms with Crippen molar-refractivity contribution >= 4 is 17.6 Å². The quantitative estimate of drug-likeness (QED) is 0.492. The Balaban J connectivity index is 1.74. The number of benzene rings is 1. The Labute approximate surface area is 164 Å². The average Bonchev–Trinajstić information content (AvgIpc) is 3.16. The fourth-order valence-electron chi connectivity index (χ4n) is 2.83. The topological polar surface area (TPSA) is 68.0 Å². The highest BCUT2D eigenvalue weighted by Gasteiger charge is 2.14. The van der Waals surface area contributed by atoms with Crippen LogP contribution in [0.25, 0.3) is 28.3 Å². The first-order chi connectivity index (χ1) is 13.7. The lowest BCUT2D eigenvalue weighted by atomic mass is 10.1. The summed E-state index contributed by atoms with van der Waals surface area (Å²) in [7, 11) is 0. The second-order valence-electron chi connectivity index (χ2n) is 5.99. The first kappa shape index (κ1) is 18.5. The van der Waals surface area contributed by atoms with Crippen molar-refractivity contribution in [2.24, 2.45) is 0 Å². The summed E-state index contributed by atoms with van der Waals surface area (Å²) in [4.78, 5) is 12.9. The Morgan fingerprint density at radius 3 is 2.75 bits per heavy atom. The molecule has 4 aromatic rings. The maximum absolute atomic E-state index is 13.0. The number of aromatic nitrogens is 5. The van der Waals surface area contributed by atoms with E-state index in [0.717, 1.165) is 23.4 Å². The number of imidazole rings is 1. The fraction of sp³-hybridized carbons (Fsp3) is 0.158. The van der Waals surface area contributed by atoms with Crippen LogP contribution in [-0.4, -0.2) is 30.8 Å². The molecule has 0 aliphatic heterocycles. The van der Waals surface area contributed by atoms with Crippen LogP contribution in [0.2, 0.25) is 0 Å². The number of rotatable bonds is 6. The third-order valence-corrected chi connectivity index (χ3v) is 4.61. The van der Waals surface area contributed by atoms with Crippen molar-refractivity contribution in [1.82, 2.24) is 29.3 Å². The third kappa shape index (κ3) is 3.71. The molecule has 0 fully saturated rings. The van der Waals surface area contributed by atoms with E-state index in [1.54, 1.807) is 24.2 Å². The van der Waals surface area contributed by atoms with Gasteiger partial charge in [0, 0.05) is 12.1 Å². The van der Waals surface area contributed by atoms with Crippen molar-refractivity contribution in [3.05, 3.63) is 66.2 Å². The maximum atomic E-state index is 13.0. The van der Waals surface area contributed by atoms with Crippen molar-refractivity contribution in [3.63, 3.8) is 0 Å². The molecule has 0 bridgehead atoms. The van der Waals surface area contributed by atoms with Crippen molar-refractivity contribution in [3.8, 4) is 22.6 Å². The molecule has 0 amide bonds. The van der Waals surface area contributed by atoms with E-state index in [4.69, 9.17) is 0 Å². The Morgan fingerprint density at radius 1 is 1.07 bits per heavy atom. The number of alkyl halides is 2.